The van der Waals surface area contributed by atoms with E-state index in [-0.39, 0.29) is 18.4 Å². The summed E-state index contributed by atoms with van der Waals surface area (Å²) in [4.78, 5) is 0. The molecule has 0 spiro atoms. The quantitative estimate of drug-likeness (QED) is 0.661. The Morgan fingerprint density at radius 3 is 2.80 bits per heavy atom. The maximum Gasteiger partial charge on any atom is 0.0468 e. The van der Waals surface area contributed by atoms with Crippen LogP contribution in [0.25, 0.3) is 0 Å². The Hall–Kier alpha value is -0.480. The molecule has 1 aromatic carbocycles. The van der Waals surface area contributed by atoms with Gasteiger partial charge in [-0.15, -0.1) is 12.4 Å². The van der Waals surface area contributed by atoms with E-state index >= 15 is 0 Å². The van der Waals surface area contributed by atoms with Crippen molar-refractivity contribution in [3.05, 3.63) is 28.8 Å². The Balaban J connectivity index is 0.00000112. The summed E-state index contributed by atoms with van der Waals surface area (Å²) in [6.45, 7) is 2.89. The van der Waals surface area contributed by atoms with Crippen LogP contribution in [0.2, 0.25) is 5.02 Å². The van der Waals surface area contributed by atoms with Crippen LogP contribution >= 0.6 is 24.0 Å². The molecular weight excluding hydrogens is 233 g/mol. The van der Waals surface area contributed by atoms with Gasteiger partial charge < -0.3 is 16.4 Å². The summed E-state index contributed by atoms with van der Waals surface area (Å²) in [6.07, 6.45) is 0. The van der Waals surface area contributed by atoms with Crippen molar-refractivity contribution >= 4 is 29.7 Å². The lowest BCUT2D eigenvalue weighted by Gasteiger charge is -2.26. The van der Waals surface area contributed by atoms with E-state index in [1.165, 1.54) is 0 Å². The Morgan fingerprint density at radius 2 is 2.13 bits per heavy atom. The maximum atomic E-state index is 5.93. The molecule has 4 N–H and O–H groups in total. The van der Waals surface area contributed by atoms with E-state index in [1.54, 1.807) is 0 Å². The molecule has 15 heavy (non-hydrogen) atoms. The number of hydrogen-bond acceptors (Lipinski definition) is 3. The third-order valence-corrected chi connectivity index (χ3v) is 2.70. The van der Waals surface area contributed by atoms with Crippen LogP contribution in [-0.4, -0.2) is 19.6 Å². The Labute approximate surface area is 101 Å². The van der Waals surface area contributed by atoms with E-state index in [2.05, 4.69) is 10.6 Å². The zero-order valence-corrected chi connectivity index (χ0v) is 9.87. The van der Waals surface area contributed by atoms with Gasteiger partial charge in [-0.05, 0) is 23.8 Å². The first kappa shape index (κ1) is 12.6. The number of benzene rings is 1. The standard InChI is InChI=1S/C10H14ClN3.ClH/c11-7-1-2-9(12)8(5-7)10-6-13-3-4-14-10;/h1-2,5,10,13-14H,3-4,6,12H2;1H/t10-;/m0./s1. The first-order valence-electron chi connectivity index (χ1n) is 4.76. The van der Waals surface area contributed by atoms with Crippen LogP contribution in [-0.2, 0) is 0 Å². The molecule has 0 aromatic heterocycles. The summed E-state index contributed by atoms with van der Waals surface area (Å²) in [6, 6.07) is 5.88. The van der Waals surface area contributed by atoms with Crippen LogP contribution in [0.1, 0.15) is 11.6 Å². The summed E-state index contributed by atoms with van der Waals surface area (Å²) < 4.78 is 0. The number of halogens is 2. The average Bonchev–Trinajstić information content (AvgIpc) is 2.23. The molecular formula is C10H15Cl2N3. The molecule has 0 aliphatic carbocycles. The van der Waals surface area contributed by atoms with Gasteiger partial charge in [-0.25, -0.2) is 0 Å². The van der Waals surface area contributed by atoms with Gasteiger partial charge in [-0.1, -0.05) is 11.6 Å². The molecule has 1 aliphatic rings. The molecule has 1 aliphatic heterocycles. The van der Waals surface area contributed by atoms with Crippen molar-refractivity contribution in [1.82, 2.24) is 10.6 Å². The molecule has 0 bridgehead atoms. The Kier molecular flexibility index (Phi) is 4.67. The zero-order chi connectivity index (χ0) is 9.97. The van der Waals surface area contributed by atoms with Gasteiger partial charge in [-0.2, -0.15) is 0 Å². The van der Waals surface area contributed by atoms with Crippen molar-refractivity contribution in [3.8, 4) is 0 Å². The summed E-state index contributed by atoms with van der Waals surface area (Å²) in [7, 11) is 0. The highest BCUT2D eigenvalue weighted by molar-refractivity contribution is 6.30. The molecule has 2 rings (SSSR count). The normalized spacial score (nSPS) is 20.7. The molecule has 1 atom stereocenters. The maximum absolute atomic E-state index is 5.93. The minimum Gasteiger partial charge on any atom is -0.398 e. The van der Waals surface area contributed by atoms with Gasteiger partial charge in [0.15, 0.2) is 0 Å². The van der Waals surface area contributed by atoms with Gasteiger partial charge in [0, 0.05) is 36.4 Å². The molecule has 0 radical (unpaired) electrons. The second-order valence-corrected chi connectivity index (χ2v) is 3.92. The molecule has 1 saturated heterocycles. The fourth-order valence-corrected chi connectivity index (χ4v) is 1.90. The van der Waals surface area contributed by atoms with Crippen molar-refractivity contribution in [2.45, 2.75) is 6.04 Å². The van der Waals surface area contributed by atoms with Crippen LogP contribution in [0.5, 0.6) is 0 Å². The van der Waals surface area contributed by atoms with Crippen LogP contribution in [0.4, 0.5) is 5.69 Å². The Morgan fingerprint density at radius 1 is 1.33 bits per heavy atom. The van der Waals surface area contributed by atoms with Crippen LogP contribution in [0.15, 0.2) is 18.2 Å². The SMILES string of the molecule is Cl.Nc1ccc(Cl)cc1[C@@H]1CNCCN1. The molecule has 1 aromatic rings. The number of rotatable bonds is 1. The fraction of sp³-hybridized carbons (Fsp3) is 0.400. The zero-order valence-electron chi connectivity index (χ0n) is 8.29. The highest BCUT2D eigenvalue weighted by Gasteiger charge is 2.16. The third kappa shape index (κ3) is 2.98. The van der Waals surface area contributed by atoms with Crippen molar-refractivity contribution < 1.29 is 0 Å². The second kappa shape index (κ2) is 5.56. The molecule has 1 fully saturated rings. The van der Waals surface area contributed by atoms with Crippen molar-refractivity contribution in [3.63, 3.8) is 0 Å². The summed E-state index contributed by atoms with van der Waals surface area (Å²) in [5.74, 6) is 0. The van der Waals surface area contributed by atoms with Crippen molar-refractivity contribution in [2.75, 3.05) is 25.4 Å². The number of anilines is 1. The molecule has 84 valence electrons. The van der Waals surface area contributed by atoms with Crippen molar-refractivity contribution in [1.29, 1.82) is 0 Å². The van der Waals surface area contributed by atoms with E-state index in [0.29, 0.717) is 0 Å². The average molecular weight is 248 g/mol. The van der Waals surface area contributed by atoms with Gasteiger partial charge in [0.05, 0.1) is 0 Å². The van der Waals surface area contributed by atoms with E-state index in [0.717, 1.165) is 35.9 Å². The predicted molar refractivity (Wildman–Crippen MR) is 66.7 cm³/mol. The third-order valence-electron chi connectivity index (χ3n) is 2.47. The number of hydrogen-bond donors (Lipinski definition) is 3. The summed E-state index contributed by atoms with van der Waals surface area (Å²) in [5.41, 5.74) is 7.78. The number of nitrogen functional groups attached to an aromatic ring is 1. The monoisotopic (exact) mass is 247 g/mol. The molecule has 1 heterocycles. The molecule has 0 saturated carbocycles. The van der Waals surface area contributed by atoms with Crippen LogP contribution in [0, 0.1) is 0 Å². The number of nitrogens with two attached hydrogens (primary N) is 1. The van der Waals surface area contributed by atoms with Crippen LogP contribution in [0.3, 0.4) is 0 Å². The molecule has 0 unspecified atom stereocenters. The lowest BCUT2D eigenvalue weighted by atomic mass is 10.0. The summed E-state index contributed by atoms with van der Waals surface area (Å²) in [5, 5.41) is 7.46. The number of nitrogens with one attached hydrogen (secondary N) is 2. The lowest BCUT2D eigenvalue weighted by Crippen LogP contribution is -2.42. The van der Waals surface area contributed by atoms with Gasteiger partial charge in [-0.3, -0.25) is 0 Å². The Bertz CT molecular complexity index is 324. The fourth-order valence-electron chi connectivity index (χ4n) is 1.72. The highest BCUT2D eigenvalue weighted by Crippen LogP contribution is 2.24. The van der Waals surface area contributed by atoms with Crippen LogP contribution < -0.4 is 16.4 Å². The van der Waals surface area contributed by atoms with E-state index in [9.17, 15) is 0 Å². The van der Waals surface area contributed by atoms with E-state index in [1.807, 2.05) is 18.2 Å². The predicted octanol–water partition coefficient (Wildman–Crippen LogP) is 1.58. The lowest BCUT2D eigenvalue weighted by molar-refractivity contribution is 0.431. The summed E-state index contributed by atoms with van der Waals surface area (Å²) >= 11 is 5.93. The first-order valence-corrected chi connectivity index (χ1v) is 5.14. The second-order valence-electron chi connectivity index (χ2n) is 3.48. The van der Waals surface area contributed by atoms with E-state index < -0.39 is 0 Å². The largest absolute Gasteiger partial charge is 0.398 e. The van der Waals surface area contributed by atoms with Gasteiger partial charge >= 0.3 is 0 Å². The molecule has 5 heteroatoms. The van der Waals surface area contributed by atoms with Crippen molar-refractivity contribution in [2.24, 2.45) is 0 Å². The topological polar surface area (TPSA) is 50.1 Å². The van der Waals surface area contributed by atoms with Gasteiger partial charge in [0.25, 0.3) is 0 Å². The minimum atomic E-state index is 0. The van der Waals surface area contributed by atoms with E-state index in [4.69, 9.17) is 17.3 Å². The molecule has 3 nitrogen and oxygen atoms in total. The number of piperazine rings is 1. The van der Waals surface area contributed by atoms with Gasteiger partial charge in [0.1, 0.15) is 0 Å². The first-order chi connectivity index (χ1) is 6.77. The molecule has 0 amide bonds. The smallest absolute Gasteiger partial charge is 0.0468 e. The minimum absolute atomic E-state index is 0. The highest BCUT2D eigenvalue weighted by atomic mass is 35.5. The van der Waals surface area contributed by atoms with Gasteiger partial charge in [0.2, 0.25) is 0 Å².